The summed E-state index contributed by atoms with van der Waals surface area (Å²) in [6, 6.07) is 2.32. The standard InChI is InChI=1S/C19H25F3N4O4/c1-18(2,3)30-17(29)25-14-5-4-12(19(20,21)22)8-13(14)16(28)24-9-15(27)11-6-7-26(23)10-11/h4-5,8,11H,6-7,9-10,23H2,1-3H3,(H,24,28)(H,25,29)/t11-/m1/s1. The second kappa shape index (κ2) is 9.00. The number of nitrogens with one attached hydrogen (secondary N) is 2. The zero-order valence-electron chi connectivity index (χ0n) is 16.9. The second-order valence-corrected chi connectivity index (χ2v) is 8.01. The Morgan fingerprint density at radius 3 is 2.43 bits per heavy atom. The van der Waals surface area contributed by atoms with E-state index in [0.29, 0.717) is 25.6 Å². The Bertz CT molecular complexity index is 821. The van der Waals surface area contributed by atoms with Crippen molar-refractivity contribution < 1.29 is 32.3 Å². The maximum absolute atomic E-state index is 13.1. The quantitative estimate of drug-likeness (QED) is 0.619. The molecule has 1 atom stereocenters. The minimum atomic E-state index is -4.69. The highest BCUT2D eigenvalue weighted by Gasteiger charge is 2.32. The van der Waals surface area contributed by atoms with Crippen molar-refractivity contribution in [2.24, 2.45) is 11.8 Å². The third-order valence-electron chi connectivity index (χ3n) is 4.33. The molecular weight excluding hydrogens is 405 g/mol. The van der Waals surface area contributed by atoms with E-state index in [0.717, 1.165) is 12.1 Å². The van der Waals surface area contributed by atoms with Gasteiger partial charge in [-0.2, -0.15) is 13.2 Å². The van der Waals surface area contributed by atoms with E-state index in [1.54, 1.807) is 20.8 Å². The lowest BCUT2D eigenvalue weighted by Crippen LogP contribution is -2.36. The van der Waals surface area contributed by atoms with E-state index in [-0.39, 0.29) is 23.9 Å². The molecule has 2 rings (SSSR count). The molecule has 1 aromatic rings. The van der Waals surface area contributed by atoms with Gasteiger partial charge in [0, 0.05) is 19.0 Å². The molecule has 0 unspecified atom stereocenters. The maximum Gasteiger partial charge on any atom is 0.416 e. The number of hydrogen-bond donors (Lipinski definition) is 3. The van der Waals surface area contributed by atoms with E-state index in [2.05, 4.69) is 10.6 Å². The molecule has 2 amide bonds. The first-order valence-electron chi connectivity index (χ1n) is 9.28. The van der Waals surface area contributed by atoms with E-state index in [1.165, 1.54) is 5.01 Å². The molecule has 1 fully saturated rings. The number of carbonyl (C=O) groups excluding carboxylic acids is 3. The molecule has 0 bridgehead atoms. The summed E-state index contributed by atoms with van der Waals surface area (Å²) in [7, 11) is 0. The van der Waals surface area contributed by atoms with Crippen molar-refractivity contribution in [1.82, 2.24) is 10.3 Å². The van der Waals surface area contributed by atoms with E-state index in [4.69, 9.17) is 10.6 Å². The van der Waals surface area contributed by atoms with E-state index in [9.17, 15) is 27.6 Å². The molecule has 30 heavy (non-hydrogen) atoms. The number of rotatable bonds is 5. The van der Waals surface area contributed by atoms with Crippen molar-refractivity contribution in [2.75, 3.05) is 25.0 Å². The van der Waals surface area contributed by atoms with Crippen LogP contribution >= 0.6 is 0 Å². The van der Waals surface area contributed by atoms with Crippen LogP contribution in [0, 0.1) is 5.92 Å². The third-order valence-corrected chi connectivity index (χ3v) is 4.33. The van der Waals surface area contributed by atoms with Crippen LogP contribution in [0.2, 0.25) is 0 Å². The molecule has 0 aliphatic carbocycles. The summed E-state index contributed by atoms with van der Waals surface area (Å²) < 4.78 is 44.3. The predicted octanol–water partition coefficient (Wildman–Crippen LogP) is 2.55. The monoisotopic (exact) mass is 430 g/mol. The van der Waals surface area contributed by atoms with Crippen LogP contribution in [-0.2, 0) is 15.7 Å². The van der Waals surface area contributed by atoms with Gasteiger partial charge in [0.05, 0.1) is 23.4 Å². The Hall–Kier alpha value is -2.66. The number of nitrogens with zero attached hydrogens (tertiary/aromatic N) is 1. The van der Waals surface area contributed by atoms with Gasteiger partial charge in [-0.3, -0.25) is 20.7 Å². The van der Waals surface area contributed by atoms with Gasteiger partial charge in [-0.1, -0.05) is 0 Å². The number of benzene rings is 1. The van der Waals surface area contributed by atoms with Gasteiger partial charge in [0.15, 0.2) is 5.78 Å². The minimum Gasteiger partial charge on any atom is -0.444 e. The summed E-state index contributed by atoms with van der Waals surface area (Å²) in [6.45, 7) is 5.38. The predicted molar refractivity (Wildman–Crippen MR) is 103 cm³/mol. The van der Waals surface area contributed by atoms with Crippen LogP contribution in [0.3, 0.4) is 0 Å². The Kier molecular flexibility index (Phi) is 7.09. The van der Waals surface area contributed by atoms with Crippen LogP contribution in [-0.4, -0.2) is 48.0 Å². The van der Waals surface area contributed by atoms with Crippen LogP contribution in [0.25, 0.3) is 0 Å². The molecule has 1 aliphatic rings. The first-order valence-corrected chi connectivity index (χ1v) is 9.28. The number of alkyl halides is 3. The Morgan fingerprint density at radius 1 is 1.23 bits per heavy atom. The number of hydrazine groups is 1. The topological polar surface area (TPSA) is 114 Å². The van der Waals surface area contributed by atoms with Gasteiger partial charge in [-0.05, 0) is 45.4 Å². The van der Waals surface area contributed by atoms with Crippen LogP contribution in [0.5, 0.6) is 0 Å². The molecule has 0 radical (unpaired) electrons. The number of amides is 2. The van der Waals surface area contributed by atoms with E-state index in [1.807, 2.05) is 0 Å². The largest absolute Gasteiger partial charge is 0.444 e. The smallest absolute Gasteiger partial charge is 0.416 e. The molecule has 8 nitrogen and oxygen atoms in total. The molecule has 1 saturated heterocycles. The summed E-state index contributed by atoms with van der Waals surface area (Å²) >= 11 is 0. The van der Waals surface area contributed by atoms with Gasteiger partial charge in [-0.25, -0.2) is 9.80 Å². The van der Waals surface area contributed by atoms with E-state index >= 15 is 0 Å². The lowest BCUT2D eigenvalue weighted by molar-refractivity contribution is -0.137. The third kappa shape index (κ3) is 6.70. The van der Waals surface area contributed by atoms with Crippen LogP contribution in [0.1, 0.15) is 43.1 Å². The summed E-state index contributed by atoms with van der Waals surface area (Å²) in [4.78, 5) is 36.7. The van der Waals surface area contributed by atoms with Gasteiger partial charge in [0.2, 0.25) is 0 Å². The van der Waals surface area contributed by atoms with Crippen LogP contribution in [0.15, 0.2) is 18.2 Å². The lowest BCUT2D eigenvalue weighted by Gasteiger charge is -2.21. The normalized spacial score (nSPS) is 17.5. The SMILES string of the molecule is CC(C)(C)OC(=O)Nc1ccc(C(F)(F)F)cc1C(=O)NCC(=O)[C@@H]1CCN(N)C1. The highest BCUT2D eigenvalue weighted by Crippen LogP contribution is 2.32. The summed E-state index contributed by atoms with van der Waals surface area (Å²) in [5, 5.41) is 6.09. The van der Waals surface area contributed by atoms with Crippen LogP contribution in [0.4, 0.5) is 23.7 Å². The van der Waals surface area contributed by atoms with Crippen molar-refractivity contribution in [3.05, 3.63) is 29.3 Å². The molecule has 166 valence electrons. The zero-order chi connectivity index (χ0) is 22.7. The highest BCUT2D eigenvalue weighted by atomic mass is 19.4. The fraction of sp³-hybridized carbons (Fsp3) is 0.526. The number of ether oxygens (including phenoxy) is 1. The number of ketones is 1. The molecule has 1 heterocycles. The van der Waals surface area contributed by atoms with Gasteiger partial charge in [0.25, 0.3) is 5.91 Å². The summed E-state index contributed by atoms with van der Waals surface area (Å²) in [5.41, 5.74) is -2.52. The zero-order valence-corrected chi connectivity index (χ0v) is 16.9. The molecular formula is C19H25F3N4O4. The van der Waals surface area contributed by atoms with Crippen molar-refractivity contribution in [2.45, 2.75) is 39.0 Å². The molecule has 0 spiro atoms. The lowest BCUT2D eigenvalue weighted by atomic mass is 10.0. The van der Waals surface area contributed by atoms with Gasteiger partial charge in [0.1, 0.15) is 5.60 Å². The fourth-order valence-electron chi connectivity index (χ4n) is 2.89. The first-order chi connectivity index (χ1) is 13.8. The number of carbonyl (C=O) groups is 3. The highest BCUT2D eigenvalue weighted by molar-refractivity contribution is 6.04. The van der Waals surface area contributed by atoms with Crippen molar-refractivity contribution in [3.8, 4) is 0 Å². The number of halogens is 3. The van der Waals surface area contributed by atoms with Crippen molar-refractivity contribution in [1.29, 1.82) is 0 Å². The number of Topliss-reactive ketones (excluding diaryl/α,β-unsaturated/α-hetero) is 1. The number of nitrogens with two attached hydrogens (primary N) is 1. The van der Waals surface area contributed by atoms with Gasteiger partial charge in [-0.15, -0.1) is 0 Å². The molecule has 1 aliphatic heterocycles. The Balaban J connectivity index is 2.18. The van der Waals surface area contributed by atoms with Crippen LogP contribution < -0.4 is 16.5 Å². The minimum absolute atomic E-state index is 0.170. The fourth-order valence-corrected chi connectivity index (χ4v) is 2.89. The Labute approximate surface area is 171 Å². The Morgan fingerprint density at radius 2 is 1.90 bits per heavy atom. The second-order valence-electron chi connectivity index (χ2n) is 8.01. The van der Waals surface area contributed by atoms with Crippen molar-refractivity contribution in [3.63, 3.8) is 0 Å². The molecule has 0 aromatic heterocycles. The maximum atomic E-state index is 13.1. The van der Waals surface area contributed by atoms with Crippen molar-refractivity contribution >= 4 is 23.5 Å². The average Bonchev–Trinajstić information content (AvgIpc) is 3.03. The van der Waals surface area contributed by atoms with E-state index < -0.39 is 34.9 Å². The first kappa shape index (κ1) is 23.6. The summed E-state index contributed by atoms with van der Waals surface area (Å²) in [5.74, 6) is 4.06. The van der Waals surface area contributed by atoms with Gasteiger partial charge >= 0.3 is 12.3 Å². The molecule has 11 heteroatoms. The molecule has 4 N–H and O–H groups in total. The molecule has 0 saturated carbocycles. The average molecular weight is 430 g/mol. The number of anilines is 1. The molecule has 1 aromatic carbocycles. The summed E-state index contributed by atoms with van der Waals surface area (Å²) in [6.07, 6.45) is -5.08. The number of hydrogen-bond acceptors (Lipinski definition) is 6. The van der Waals surface area contributed by atoms with Gasteiger partial charge < -0.3 is 10.1 Å².